The van der Waals surface area contributed by atoms with Gasteiger partial charge in [-0.25, -0.2) is 4.79 Å². The molecule has 5 unspecified atom stereocenters. The topological polar surface area (TPSA) is 41.6 Å². The van der Waals surface area contributed by atoms with E-state index in [-0.39, 0.29) is 24.2 Å². The van der Waals surface area contributed by atoms with E-state index in [4.69, 9.17) is 4.74 Å². The van der Waals surface area contributed by atoms with Crippen molar-refractivity contribution in [3.05, 3.63) is 12.2 Å². The van der Waals surface area contributed by atoms with E-state index in [1.54, 1.807) is 0 Å². The van der Waals surface area contributed by atoms with E-state index in [0.717, 1.165) is 19.5 Å². The van der Waals surface area contributed by atoms with Gasteiger partial charge in [-0.1, -0.05) is 12.2 Å². The highest BCUT2D eigenvalue weighted by Gasteiger charge is 2.67. The first kappa shape index (κ1) is 13.3. The molecule has 3 fully saturated rings. The second kappa shape index (κ2) is 3.89. The van der Waals surface area contributed by atoms with Crippen LogP contribution in [0.1, 0.15) is 26.7 Å². The van der Waals surface area contributed by atoms with E-state index in [1.165, 1.54) is 6.42 Å². The summed E-state index contributed by atoms with van der Waals surface area (Å²) >= 11 is 0. The Morgan fingerprint density at radius 3 is 2.79 bits per heavy atom. The summed E-state index contributed by atoms with van der Waals surface area (Å²) in [6, 6.07) is 0. The van der Waals surface area contributed by atoms with Gasteiger partial charge in [-0.15, -0.1) is 12.4 Å². The number of rotatable bonds is 1. The number of nitrogens with one attached hydrogen (secondary N) is 1. The monoisotopic (exact) mass is 284 g/mol. The molecule has 106 valence electrons. The molecule has 0 radical (unpaired) electrons. The minimum Gasteiger partial charge on any atom is -0.439 e. The number of fused-ring (bicyclic) bond motifs is 3. The van der Waals surface area contributed by atoms with E-state index in [9.17, 15) is 4.79 Å². The highest BCUT2D eigenvalue weighted by atomic mass is 35.5. The van der Waals surface area contributed by atoms with Crippen LogP contribution in [0.4, 0.5) is 4.79 Å². The van der Waals surface area contributed by atoms with Crippen LogP contribution >= 0.6 is 12.4 Å². The highest BCUT2D eigenvalue weighted by Crippen LogP contribution is 2.55. The van der Waals surface area contributed by atoms with Crippen molar-refractivity contribution in [1.29, 1.82) is 0 Å². The lowest BCUT2D eigenvalue weighted by molar-refractivity contribution is -0.0542. The fraction of sp³-hybridized carbons (Fsp3) is 0.786. The summed E-state index contributed by atoms with van der Waals surface area (Å²) in [5.74, 6) is 1.75. The van der Waals surface area contributed by atoms with Gasteiger partial charge in [-0.2, -0.15) is 0 Å². The van der Waals surface area contributed by atoms with Crippen molar-refractivity contribution in [3.8, 4) is 0 Å². The van der Waals surface area contributed by atoms with Crippen LogP contribution in [0.25, 0.3) is 0 Å². The Kier molecular flexibility index (Phi) is 2.71. The normalized spacial score (nSPS) is 50.3. The predicted octanol–water partition coefficient (Wildman–Crippen LogP) is 2.15. The molecule has 1 amide bonds. The van der Waals surface area contributed by atoms with Gasteiger partial charge in [-0.05, 0) is 38.5 Å². The van der Waals surface area contributed by atoms with E-state index >= 15 is 0 Å². The maximum atomic E-state index is 12.1. The zero-order valence-electron chi connectivity index (χ0n) is 11.4. The van der Waals surface area contributed by atoms with Gasteiger partial charge in [0.25, 0.3) is 0 Å². The Morgan fingerprint density at radius 1 is 1.37 bits per heavy atom. The zero-order valence-corrected chi connectivity index (χ0v) is 12.2. The van der Waals surface area contributed by atoms with Crippen LogP contribution in [0, 0.1) is 17.8 Å². The van der Waals surface area contributed by atoms with E-state index in [0.29, 0.717) is 17.8 Å². The molecule has 0 aromatic carbocycles. The molecule has 2 bridgehead atoms. The van der Waals surface area contributed by atoms with Gasteiger partial charge in [0, 0.05) is 19.0 Å². The van der Waals surface area contributed by atoms with Crippen LogP contribution in [0.15, 0.2) is 12.2 Å². The van der Waals surface area contributed by atoms with E-state index in [2.05, 4.69) is 31.3 Å². The Labute approximate surface area is 120 Å². The highest BCUT2D eigenvalue weighted by molar-refractivity contribution is 5.85. The fourth-order valence-corrected chi connectivity index (χ4v) is 4.63. The molecular weight excluding hydrogens is 264 g/mol. The average Bonchev–Trinajstić information content (AvgIpc) is 3.04. The van der Waals surface area contributed by atoms with E-state index in [1.807, 2.05) is 4.90 Å². The van der Waals surface area contributed by atoms with Crippen LogP contribution in [0.5, 0.6) is 0 Å². The van der Waals surface area contributed by atoms with Crippen LogP contribution in [-0.4, -0.2) is 35.3 Å². The lowest BCUT2D eigenvalue weighted by Gasteiger charge is -2.44. The number of nitrogens with zero attached hydrogens (tertiary/aromatic N) is 1. The Bertz CT molecular complexity index is 455. The second-order valence-corrected chi connectivity index (χ2v) is 6.51. The molecule has 0 aromatic rings. The van der Waals surface area contributed by atoms with Crippen LogP contribution in [0.3, 0.4) is 0 Å². The van der Waals surface area contributed by atoms with Crippen LogP contribution in [0.2, 0.25) is 0 Å². The molecule has 2 aliphatic heterocycles. The number of hydrogen-bond acceptors (Lipinski definition) is 3. The Balaban J connectivity index is 0.00000110. The molecular formula is C14H21ClN2O2. The molecule has 4 aliphatic rings. The number of carbonyl (C=O) groups is 1. The minimum absolute atomic E-state index is 0. The smallest absolute Gasteiger partial charge is 0.412 e. The van der Waals surface area contributed by atoms with Gasteiger partial charge in [0.05, 0.1) is 0 Å². The van der Waals surface area contributed by atoms with Crippen molar-refractivity contribution < 1.29 is 9.53 Å². The first-order valence-corrected chi connectivity index (χ1v) is 6.98. The van der Waals surface area contributed by atoms with Gasteiger partial charge in [0.2, 0.25) is 0 Å². The van der Waals surface area contributed by atoms with Gasteiger partial charge in [0.15, 0.2) is 5.60 Å². The number of amides is 1. The van der Waals surface area contributed by atoms with Gasteiger partial charge < -0.3 is 4.74 Å². The Morgan fingerprint density at radius 2 is 2.16 bits per heavy atom. The molecule has 0 spiro atoms. The van der Waals surface area contributed by atoms with Crippen molar-refractivity contribution in [1.82, 2.24) is 10.2 Å². The fourth-order valence-electron chi connectivity index (χ4n) is 4.63. The summed E-state index contributed by atoms with van der Waals surface area (Å²) in [6.45, 7) is 5.89. The molecule has 4 nitrogen and oxygen atoms in total. The van der Waals surface area contributed by atoms with E-state index < -0.39 is 5.60 Å². The SMILES string of the molecule is CC1(C2CC3C=CC2C3)OC(=O)N2CCNC21C.Cl. The molecule has 2 heterocycles. The maximum Gasteiger partial charge on any atom is 0.412 e. The predicted molar refractivity (Wildman–Crippen MR) is 74.1 cm³/mol. The Hall–Kier alpha value is -0.740. The minimum atomic E-state index is -0.398. The number of hydrogen-bond donors (Lipinski definition) is 1. The van der Waals surface area contributed by atoms with Gasteiger partial charge >= 0.3 is 6.09 Å². The van der Waals surface area contributed by atoms with Crippen molar-refractivity contribution in [2.24, 2.45) is 17.8 Å². The van der Waals surface area contributed by atoms with Crippen LogP contribution in [-0.2, 0) is 4.74 Å². The second-order valence-electron chi connectivity index (χ2n) is 6.51. The molecule has 2 aliphatic carbocycles. The standard InChI is InChI=1S/C14H20N2O2.ClH/c1-13(11-8-9-3-4-10(11)7-9)14(2)15-5-6-16(14)12(17)18-13;/h3-4,9-11,15H,5-8H2,1-2H3;1H. The van der Waals surface area contributed by atoms with Crippen molar-refractivity contribution in [2.75, 3.05) is 13.1 Å². The molecule has 1 N–H and O–H groups in total. The summed E-state index contributed by atoms with van der Waals surface area (Å²) in [7, 11) is 0. The largest absolute Gasteiger partial charge is 0.439 e. The van der Waals surface area contributed by atoms with Gasteiger partial charge in [-0.3, -0.25) is 10.2 Å². The summed E-state index contributed by atoms with van der Waals surface area (Å²) in [5.41, 5.74) is -0.724. The lowest BCUT2D eigenvalue weighted by Crippen LogP contribution is -2.62. The molecule has 4 rings (SSSR count). The summed E-state index contributed by atoms with van der Waals surface area (Å²) in [6.07, 6.45) is 6.93. The first-order chi connectivity index (χ1) is 8.54. The third-order valence-electron chi connectivity index (χ3n) is 5.82. The molecule has 5 heteroatoms. The summed E-state index contributed by atoms with van der Waals surface area (Å²) < 4.78 is 5.85. The van der Waals surface area contributed by atoms with Crippen molar-refractivity contribution >= 4 is 18.5 Å². The summed E-state index contributed by atoms with van der Waals surface area (Å²) in [4.78, 5) is 14.0. The molecule has 5 atom stereocenters. The molecule has 2 saturated heterocycles. The van der Waals surface area contributed by atoms with Crippen molar-refractivity contribution in [2.45, 2.75) is 38.0 Å². The first-order valence-electron chi connectivity index (χ1n) is 6.98. The third kappa shape index (κ3) is 1.42. The quantitative estimate of drug-likeness (QED) is 0.750. The summed E-state index contributed by atoms with van der Waals surface area (Å²) in [5, 5.41) is 3.51. The number of cyclic esters (lactones) is 1. The average molecular weight is 285 g/mol. The number of allylic oxidation sites excluding steroid dienone is 2. The molecule has 0 aromatic heterocycles. The third-order valence-corrected chi connectivity index (χ3v) is 5.82. The van der Waals surface area contributed by atoms with Crippen LogP contribution < -0.4 is 5.32 Å². The van der Waals surface area contributed by atoms with Gasteiger partial charge in [0.1, 0.15) is 5.66 Å². The zero-order chi connectivity index (χ0) is 12.5. The number of ether oxygens (including phenoxy) is 1. The lowest BCUT2D eigenvalue weighted by atomic mass is 9.73. The molecule has 19 heavy (non-hydrogen) atoms. The molecule has 1 saturated carbocycles. The number of halogens is 1. The van der Waals surface area contributed by atoms with Crippen molar-refractivity contribution in [3.63, 3.8) is 0 Å². The maximum absolute atomic E-state index is 12.1. The number of carbonyl (C=O) groups excluding carboxylic acids is 1.